The summed E-state index contributed by atoms with van der Waals surface area (Å²) in [6.07, 6.45) is 1.02. The van der Waals surface area contributed by atoms with Crippen LogP contribution in [-0.2, 0) is 4.79 Å². The van der Waals surface area contributed by atoms with E-state index in [9.17, 15) is 14.0 Å². The number of hydrogen-bond acceptors (Lipinski definition) is 5. The summed E-state index contributed by atoms with van der Waals surface area (Å²) in [6, 6.07) is 5.53. The van der Waals surface area contributed by atoms with Crippen LogP contribution >= 0.6 is 0 Å². The average Bonchev–Trinajstić information content (AvgIpc) is 3.17. The Morgan fingerprint density at radius 2 is 1.86 bits per heavy atom. The van der Waals surface area contributed by atoms with Crippen LogP contribution in [0.25, 0.3) is 0 Å². The summed E-state index contributed by atoms with van der Waals surface area (Å²) in [5.41, 5.74) is 2.03. The molecule has 28 heavy (non-hydrogen) atoms. The third-order valence-electron chi connectivity index (χ3n) is 5.72. The smallest absolute Gasteiger partial charge is 0.302 e. The van der Waals surface area contributed by atoms with Crippen LogP contribution in [0.2, 0.25) is 0 Å². The fourth-order valence-corrected chi connectivity index (χ4v) is 4.06. The summed E-state index contributed by atoms with van der Waals surface area (Å²) in [4.78, 5) is 37.0. The molecule has 0 spiro atoms. The van der Waals surface area contributed by atoms with E-state index < -0.39 is 12.2 Å². The number of anilines is 1. The van der Waals surface area contributed by atoms with Gasteiger partial charge in [-0.1, -0.05) is 25.5 Å². The number of nitrogens with zero attached hydrogens (tertiary/aromatic N) is 5. The zero-order valence-corrected chi connectivity index (χ0v) is 16.5. The predicted molar refractivity (Wildman–Crippen MR) is 104 cm³/mol. The average molecular weight is 385 g/mol. The van der Waals surface area contributed by atoms with E-state index in [1.54, 1.807) is 30.1 Å². The Labute approximate surface area is 163 Å². The van der Waals surface area contributed by atoms with Gasteiger partial charge < -0.3 is 4.90 Å². The number of urea groups is 1. The number of benzene rings is 1. The van der Waals surface area contributed by atoms with Crippen molar-refractivity contribution < 1.29 is 14.0 Å². The lowest BCUT2D eigenvalue weighted by Crippen LogP contribution is -2.64. The second-order valence-corrected chi connectivity index (χ2v) is 7.35. The van der Waals surface area contributed by atoms with Crippen molar-refractivity contribution in [3.8, 4) is 0 Å². The Morgan fingerprint density at radius 3 is 2.54 bits per heavy atom. The van der Waals surface area contributed by atoms with E-state index in [1.165, 1.54) is 15.9 Å². The molecule has 0 bridgehead atoms. The lowest BCUT2D eigenvalue weighted by molar-refractivity contribution is -0.136. The first-order chi connectivity index (χ1) is 13.4. The van der Waals surface area contributed by atoms with Gasteiger partial charge in [-0.25, -0.2) is 14.2 Å². The highest BCUT2D eigenvalue weighted by Crippen LogP contribution is 2.40. The molecule has 0 radical (unpaired) electrons. The van der Waals surface area contributed by atoms with Crippen molar-refractivity contribution in [3.05, 3.63) is 41.5 Å². The lowest BCUT2D eigenvalue weighted by Gasteiger charge is -2.40. The largest absolute Gasteiger partial charge is 0.328 e. The van der Waals surface area contributed by atoms with Gasteiger partial charge in [0.05, 0.1) is 5.69 Å². The van der Waals surface area contributed by atoms with Gasteiger partial charge in [0.15, 0.2) is 12.2 Å². The van der Waals surface area contributed by atoms with Gasteiger partial charge in [0.1, 0.15) is 5.82 Å². The van der Waals surface area contributed by atoms with Gasteiger partial charge in [0.2, 0.25) is 5.96 Å². The number of hydrogen-bond donors (Lipinski definition) is 0. The number of halogens is 1. The number of aliphatic imine (C=N–C) groups is 1. The topological polar surface area (TPSA) is 59.5 Å². The van der Waals surface area contributed by atoms with E-state index in [2.05, 4.69) is 4.99 Å². The number of carbonyl (C=O) groups excluding carboxylic acids is 2. The maximum Gasteiger partial charge on any atom is 0.328 e. The molecule has 0 saturated carbocycles. The fraction of sp³-hybridized carbons (Fsp3) is 0.450. The first kappa shape index (κ1) is 18.5. The van der Waals surface area contributed by atoms with Crippen molar-refractivity contribution >= 4 is 23.6 Å². The second kappa shape index (κ2) is 6.61. The van der Waals surface area contributed by atoms with Crippen LogP contribution < -0.4 is 4.90 Å². The van der Waals surface area contributed by atoms with Crippen molar-refractivity contribution in [1.82, 2.24) is 14.7 Å². The summed E-state index contributed by atoms with van der Waals surface area (Å²) < 4.78 is 14.5. The fourth-order valence-electron chi connectivity index (χ4n) is 4.06. The Kier molecular flexibility index (Phi) is 4.36. The molecule has 1 aromatic rings. The third kappa shape index (κ3) is 2.43. The van der Waals surface area contributed by atoms with Crippen LogP contribution in [0, 0.1) is 5.82 Å². The minimum absolute atomic E-state index is 0.247. The van der Waals surface area contributed by atoms with Crippen molar-refractivity contribution in [2.24, 2.45) is 4.99 Å². The summed E-state index contributed by atoms with van der Waals surface area (Å²) in [5, 5.41) is 0. The quantitative estimate of drug-likeness (QED) is 0.800. The normalized spacial score (nSPS) is 24.2. The van der Waals surface area contributed by atoms with Crippen LogP contribution in [0.1, 0.15) is 33.6 Å². The Hall–Kier alpha value is -2.90. The molecule has 4 rings (SSSR count). The molecule has 2 atom stereocenters. The van der Waals surface area contributed by atoms with E-state index in [1.807, 2.05) is 25.7 Å². The molecule has 8 heteroatoms. The molecule has 3 amide bonds. The number of carbonyl (C=O) groups is 2. The Morgan fingerprint density at radius 1 is 1.14 bits per heavy atom. The van der Waals surface area contributed by atoms with Gasteiger partial charge in [0, 0.05) is 25.0 Å². The molecular formula is C20H24FN5O2. The second-order valence-electron chi connectivity index (χ2n) is 7.35. The molecule has 148 valence electrons. The Bertz CT molecular complexity index is 912. The monoisotopic (exact) mass is 385 g/mol. The molecule has 1 aromatic carbocycles. The molecule has 1 fully saturated rings. The van der Waals surface area contributed by atoms with E-state index in [0.717, 1.165) is 24.2 Å². The van der Waals surface area contributed by atoms with Crippen LogP contribution in [0.5, 0.6) is 0 Å². The van der Waals surface area contributed by atoms with Crippen LogP contribution in [0.4, 0.5) is 14.9 Å². The molecule has 0 aromatic heterocycles. The number of amides is 3. The van der Waals surface area contributed by atoms with E-state index in [-0.39, 0.29) is 17.8 Å². The van der Waals surface area contributed by atoms with Gasteiger partial charge in [-0.15, -0.1) is 0 Å². The highest BCUT2D eigenvalue weighted by Gasteiger charge is 2.55. The number of para-hydroxylation sites is 1. The molecule has 2 unspecified atom stereocenters. The lowest BCUT2D eigenvalue weighted by atomic mass is 10.1. The molecule has 1 saturated heterocycles. The zero-order valence-electron chi connectivity index (χ0n) is 16.5. The molecule has 3 aliphatic heterocycles. The minimum Gasteiger partial charge on any atom is -0.302 e. The predicted octanol–water partition coefficient (Wildman–Crippen LogP) is 2.96. The van der Waals surface area contributed by atoms with E-state index in [0.29, 0.717) is 18.2 Å². The number of guanidine groups is 1. The summed E-state index contributed by atoms with van der Waals surface area (Å²) in [5.74, 6) is -0.127. The first-order valence-corrected chi connectivity index (χ1v) is 9.55. The summed E-state index contributed by atoms with van der Waals surface area (Å²) in [7, 11) is 1.66. The molecule has 0 aliphatic carbocycles. The maximum atomic E-state index is 14.5. The van der Waals surface area contributed by atoms with Crippen molar-refractivity contribution in [2.75, 3.05) is 18.5 Å². The third-order valence-corrected chi connectivity index (χ3v) is 5.72. The highest BCUT2D eigenvalue weighted by atomic mass is 19.1. The number of imide groups is 1. The summed E-state index contributed by atoms with van der Waals surface area (Å²) in [6.45, 7) is 6.19. The van der Waals surface area contributed by atoms with Gasteiger partial charge in [-0.3, -0.25) is 19.5 Å². The van der Waals surface area contributed by atoms with Crippen LogP contribution in [0.3, 0.4) is 0 Å². The standard InChI is InChI=1S/C20H24FN5O2/c1-5-6-11-24-18(27)16-17(23(4)20(24)28)22-19-25(12(2)13(3)26(16)19)15-10-8-7-9-14(15)21/h7-10,16-17H,5-6,11H2,1-4H3. The minimum atomic E-state index is -0.624. The number of unbranched alkanes of at least 4 members (excludes halogenated alkanes) is 1. The van der Waals surface area contributed by atoms with Gasteiger partial charge in [-0.2, -0.15) is 0 Å². The number of allylic oxidation sites excluding steroid dienone is 2. The van der Waals surface area contributed by atoms with Crippen LogP contribution in [-0.4, -0.2) is 58.4 Å². The van der Waals surface area contributed by atoms with Crippen molar-refractivity contribution in [2.45, 2.75) is 45.8 Å². The van der Waals surface area contributed by atoms with E-state index in [4.69, 9.17) is 0 Å². The van der Waals surface area contributed by atoms with Gasteiger partial charge in [0.25, 0.3) is 5.91 Å². The molecule has 0 N–H and O–H groups in total. The molecule has 3 heterocycles. The summed E-state index contributed by atoms with van der Waals surface area (Å²) >= 11 is 0. The van der Waals surface area contributed by atoms with Crippen LogP contribution in [0.15, 0.2) is 40.7 Å². The number of rotatable bonds is 4. The van der Waals surface area contributed by atoms with E-state index >= 15 is 0 Å². The number of likely N-dealkylation sites (N-methyl/N-ethyl adjacent to an activating group) is 1. The highest BCUT2D eigenvalue weighted by molar-refractivity contribution is 6.10. The maximum absolute atomic E-state index is 14.5. The Balaban J connectivity index is 1.76. The van der Waals surface area contributed by atoms with Crippen molar-refractivity contribution in [3.63, 3.8) is 0 Å². The van der Waals surface area contributed by atoms with Crippen molar-refractivity contribution in [1.29, 1.82) is 0 Å². The number of fused-ring (bicyclic) bond motifs is 3. The molecule has 7 nitrogen and oxygen atoms in total. The van der Waals surface area contributed by atoms with Gasteiger partial charge in [-0.05, 0) is 32.4 Å². The zero-order chi connectivity index (χ0) is 20.2. The van der Waals surface area contributed by atoms with Gasteiger partial charge >= 0.3 is 6.03 Å². The molecule has 3 aliphatic rings. The molecular weight excluding hydrogens is 361 g/mol. The first-order valence-electron chi connectivity index (χ1n) is 9.55. The SMILES string of the molecule is CCCCN1C(=O)C2C(N=C3N(c4ccccc4F)C(C)=C(C)N32)N(C)C1=O.